The van der Waals surface area contributed by atoms with E-state index in [1.807, 2.05) is 24.3 Å². The Morgan fingerprint density at radius 3 is 3.00 bits per heavy atom. The first-order chi connectivity index (χ1) is 11.1. The number of aliphatic hydroxyl groups is 1. The normalized spacial score (nSPS) is 20.6. The van der Waals surface area contributed by atoms with E-state index in [9.17, 15) is 5.11 Å². The average Bonchev–Trinajstić information content (AvgIpc) is 2.96. The largest absolute Gasteiger partial charge is 0.454 e. The Hall–Kier alpha value is -2.05. The molecule has 1 N–H and O–H groups in total. The highest BCUT2D eigenvalue weighted by molar-refractivity contribution is 6.27. The second kappa shape index (κ2) is 5.25. The van der Waals surface area contributed by atoms with Crippen molar-refractivity contribution in [3.05, 3.63) is 42.5 Å². The highest BCUT2D eigenvalue weighted by Crippen LogP contribution is 2.52. The zero-order valence-corrected chi connectivity index (χ0v) is 13.1. The molecule has 1 aromatic heterocycles. The topological polar surface area (TPSA) is 69.4 Å². The fraction of sp³-hybridized carbons (Fsp3) is 0.375. The molecule has 0 spiro atoms. The van der Waals surface area contributed by atoms with Crippen molar-refractivity contribution in [2.24, 2.45) is 0 Å². The van der Waals surface area contributed by atoms with E-state index >= 15 is 0 Å². The van der Waals surface area contributed by atoms with Gasteiger partial charge >= 0.3 is 0 Å². The van der Waals surface area contributed by atoms with Gasteiger partial charge < -0.3 is 14.6 Å². The number of ether oxygens (including phenoxy) is 2. The molecule has 1 aliphatic heterocycles. The van der Waals surface area contributed by atoms with E-state index in [1.54, 1.807) is 17.1 Å². The summed E-state index contributed by atoms with van der Waals surface area (Å²) in [6.45, 7) is 0.461. The maximum absolute atomic E-state index is 11.1. The summed E-state index contributed by atoms with van der Waals surface area (Å²) in [7, 11) is 0. The van der Waals surface area contributed by atoms with Crippen molar-refractivity contribution < 1.29 is 14.6 Å². The van der Waals surface area contributed by atoms with Gasteiger partial charge in [0.2, 0.25) is 6.79 Å². The molecule has 2 aromatic rings. The molecule has 4 rings (SSSR count). The maximum Gasteiger partial charge on any atom is 0.231 e. The number of aromatic nitrogens is 3. The summed E-state index contributed by atoms with van der Waals surface area (Å²) < 4.78 is 12.4. The van der Waals surface area contributed by atoms with E-state index in [0.29, 0.717) is 11.5 Å². The van der Waals surface area contributed by atoms with Crippen LogP contribution in [0, 0.1) is 0 Å². The Kier molecular flexibility index (Phi) is 3.32. The number of rotatable bonds is 5. The monoisotopic (exact) mass is 333 g/mol. The van der Waals surface area contributed by atoms with Gasteiger partial charge in [0.1, 0.15) is 18.3 Å². The molecule has 6 nitrogen and oxygen atoms in total. The molecule has 1 fully saturated rings. The lowest BCUT2D eigenvalue weighted by Gasteiger charge is -2.29. The Morgan fingerprint density at radius 2 is 2.26 bits per heavy atom. The molecule has 2 aliphatic rings. The quantitative estimate of drug-likeness (QED) is 0.850. The van der Waals surface area contributed by atoms with Gasteiger partial charge in [-0.1, -0.05) is 18.2 Å². The Labute approximate surface area is 138 Å². The third-order valence-electron chi connectivity index (χ3n) is 4.30. The molecule has 1 aliphatic carbocycles. The molecule has 2 heterocycles. The highest BCUT2D eigenvalue weighted by Gasteiger charge is 2.56. The lowest BCUT2D eigenvalue weighted by molar-refractivity contribution is 0.0564. The molecule has 7 heteroatoms. The SMILES string of the molecule is OC(C=Cc1cccc2c1OCO2)(Cn1cncn1)C1(Cl)CC1. The molecular weight excluding hydrogens is 318 g/mol. The lowest BCUT2D eigenvalue weighted by Crippen LogP contribution is -2.43. The Morgan fingerprint density at radius 1 is 1.39 bits per heavy atom. The third kappa shape index (κ3) is 2.58. The van der Waals surface area contributed by atoms with Crippen LogP contribution in [0.3, 0.4) is 0 Å². The van der Waals surface area contributed by atoms with Gasteiger partial charge in [-0.2, -0.15) is 5.10 Å². The van der Waals surface area contributed by atoms with Gasteiger partial charge in [-0.15, -0.1) is 11.6 Å². The standard InChI is InChI=1S/C16H16ClN3O3/c17-15(6-7-15)16(21,8-20-10-18-9-19-20)5-4-12-2-1-3-13-14(12)23-11-22-13/h1-5,9-10,21H,6-8,11H2. The summed E-state index contributed by atoms with van der Waals surface area (Å²) in [6, 6.07) is 5.65. The van der Waals surface area contributed by atoms with Crippen LogP contribution in [0.5, 0.6) is 11.5 Å². The number of para-hydroxylation sites is 1. The fourth-order valence-electron chi connectivity index (χ4n) is 2.76. The third-order valence-corrected chi connectivity index (χ3v) is 5.01. The van der Waals surface area contributed by atoms with Crippen molar-refractivity contribution in [2.45, 2.75) is 29.9 Å². The maximum atomic E-state index is 11.1. The number of hydrogen-bond donors (Lipinski definition) is 1. The van der Waals surface area contributed by atoms with Crippen LogP contribution >= 0.6 is 11.6 Å². The van der Waals surface area contributed by atoms with Gasteiger partial charge in [0, 0.05) is 5.56 Å². The number of halogens is 1. The van der Waals surface area contributed by atoms with Crippen LogP contribution in [0.2, 0.25) is 0 Å². The molecule has 0 saturated heterocycles. The van der Waals surface area contributed by atoms with Crippen LogP contribution in [0.1, 0.15) is 18.4 Å². The minimum atomic E-state index is -1.22. The molecule has 23 heavy (non-hydrogen) atoms. The predicted octanol–water partition coefficient (Wildman–Crippen LogP) is 2.22. The van der Waals surface area contributed by atoms with E-state index in [-0.39, 0.29) is 13.3 Å². The second-order valence-corrected chi connectivity index (χ2v) is 6.62. The molecule has 120 valence electrons. The van der Waals surface area contributed by atoms with Gasteiger partial charge in [0.05, 0.1) is 11.4 Å². The first kappa shape index (κ1) is 14.5. The van der Waals surface area contributed by atoms with Crippen molar-refractivity contribution in [3.63, 3.8) is 0 Å². The van der Waals surface area contributed by atoms with Crippen LogP contribution in [0.4, 0.5) is 0 Å². The zero-order chi connectivity index (χ0) is 15.9. The van der Waals surface area contributed by atoms with Crippen molar-refractivity contribution in [2.75, 3.05) is 6.79 Å². The van der Waals surface area contributed by atoms with Crippen molar-refractivity contribution in [3.8, 4) is 11.5 Å². The summed E-state index contributed by atoms with van der Waals surface area (Å²) in [6.07, 6.45) is 8.08. The summed E-state index contributed by atoms with van der Waals surface area (Å²) in [5, 5.41) is 15.2. The minimum Gasteiger partial charge on any atom is -0.454 e. The van der Waals surface area contributed by atoms with E-state index in [1.165, 1.54) is 6.33 Å². The first-order valence-corrected chi connectivity index (χ1v) is 7.79. The smallest absolute Gasteiger partial charge is 0.231 e. The van der Waals surface area contributed by atoms with Crippen LogP contribution in [0.15, 0.2) is 36.9 Å². The summed E-state index contributed by atoms with van der Waals surface area (Å²) in [5.74, 6) is 1.39. The average molecular weight is 334 g/mol. The van der Waals surface area contributed by atoms with Gasteiger partial charge in [0.15, 0.2) is 11.5 Å². The molecule has 1 unspecified atom stereocenters. The molecule has 1 atom stereocenters. The van der Waals surface area contributed by atoms with Gasteiger partial charge in [-0.25, -0.2) is 9.67 Å². The van der Waals surface area contributed by atoms with Crippen LogP contribution in [-0.2, 0) is 6.54 Å². The Bertz CT molecular complexity index is 743. The Balaban J connectivity index is 1.65. The van der Waals surface area contributed by atoms with Gasteiger partial charge in [0.25, 0.3) is 0 Å². The fourth-order valence-corrected chi connectivity index (χ4v) is 2.98. The van der Waals surface area contributed by atoms with E-state index in [0.717, 1.165) is 18.4 Å². The van der Waals surface area contributed by atoms with Crippen LogP contribution < -0.4 is 9.47 Å². The van der Waals surface area contributed by atoms with E-state index < -0.39 is 10.5 Å². The van der Waals surface area contributed by atoms with E-state index in [4.69, 9.17) is 21.1 Å². The summed E-state index contributed by atoms with van der Waals surface area (Å²) >= 11 is 6.53. The number of benzene rings is 1. The molecule has 0 amide bonds. The van der Waals surface area contributed by atoms with Crippen LogP contribution in [0.25, 0.3) is 6.08 Å². The lowest BCUT2D eigenvalue weighted by atomic mass is 9.95. The van der Waals surface area contributed by atoms with Crippen molar-refractivity contribution in [1.29, 1.82) is 0 Å². The van der Waals surface area contributed by atoms with Crippen molar-refractivity contribution >= 4 is 17.7 Å². The zero-order valence-electron chi connectivity index (χ0n) is 12.4. The highest BCUT2D eigenvalue weighted by atomic mass is 35.5. The van der Waals surface area contributed by atoms with Gasteiger partial charge in [-0.3, -0.25) is 0 Å². The summed E-state index contributed by atoms with van der Waals surface area (Å²) in [5.41, 5.74) is -0.373. The molecule has 1 aromatic carbocycles. The van der Waals surface area contributed by atoms with E-state index in [2.05, 4.69) is 10.1 Å². The molecular formula is C16H16ClN3O3. The van der Waals surface area contributed by atoms with Crippen molar-refractivity contribution in [1.82, 2.24) is 14.8 Å². The number of fused-ring (bicyclic) bond motifs is 1. The number of nitrogens with zero attached hydrogens (tertiary/aromatic N) is 3. The molecule has 0 bridgehead atoms. The minimum absolute atomic E-state index is 0.211. The van der Waals surface area contributed by atoms with Crippen LogP contribution in [-0.4, -0.2) is 37.1 Å². The molecule has 0 radical (unpaired) electrons. The van der Waals surface area contributed by atoms with Gasteiger partial charge in [-0.05, 0) is 25.0 Å². The number of hydrogen-bond acceptors (Lipinski definition) is 5. The number of alkyl halides is 1. The second-order valence-electron chi connectivity index (χ2n) is 5.90. The first-order valence-electron chi connectivity index (χ1n) is 7.41. The predicted molar refractivity (Wildman–Crippen MR) is 84.4 cm³/mol. The molecule has 1 saturated carbocycles. The summed E-state index contributed by atoms with van der Waals surface area (Å²) in [4.78, 5) is 3.25.